The molecule has 82 valence electrons. The average Bonchev–Trinajstić information content (AvgIpc) is 2.65. The maximum atomic E-state index is 11.9. The summed E-state index contributed by atoms with van der Waals surface area (Å²) >= 11 is 10.7. The molecule has 0 aliphatic rings. The van der Waals surface area contributed by atoms with Crippen molar-refractivity contribution in [1.82, 2.24) is 4.98 Å². The molecule has 16 heavy (non-hydrogen) atoms. The Morgan fingerprint density at radius 2 is 2.25 bits per heavy atom. The molecule has 0 atom stereocenters. The summed E-state index contributed by atoms with van der Waals surface area (Å²) in [6.07, 6.45) is 1.85. The van der Waals surface area contributed by atoms with E-state index in [9.17, 15) is 4.79 Å². The van der Waals surface area contributed by atoms with Crippen LogP contribution >= 0.6 is 38.9 Å². The molecule has 0 unspecified atom stereocenters. The molecule has 0 saturated carbocycles. The highest BCUT2D eigenvalue weighted by atomic mass is 79.9. The second-order valence-corrected chi connectivity index (χ2v) is 5.44. The van der Waals surface area contributed by atoms with Crippen molar-refractivity contribution < 1.29 is 4.79 Å². The fourth-order valence-electron chi connectivity index (χ4n) is 1.23. The number of hydrogen-bond acceptors (Lipinski definition) is 3. The summed E-state index contributed by atoms with van der Waals surface area (Å²) < 4.78 is 0.972. The molecule has 0 saturated heterocycles. The van der Waals surface area contributed by atoms with Gasteiger partial charge in [0.2, 0.25) is 0 Å². The van der Waals surface area contributed by atoms with Gasteiger partial charge < -0.3 is 0 Å². The molecule has 0 fully saturated rings. The zero-order chi connectivity index (χ0) is 11.5. The van der Waals surface area contributed by atoms with Crippen molar-refractivity contribution >= 4 is 44.7 Å². The molecular formula is C11H7BrClNOS. The minimum Gasteiger partial charge on any atom is -0.292 e. The second-order valence-electron chi connectivity index (χ2n) is 3.15. The number of pyridine rings is 1. The summed E-state index contributed by atoms with van der Waals surface area (Å²) in [6, 6.07) is 5.25. The zero-order valence-corrected chi connectivity index (χ0v) is 11.3. The normalized spacial score (nSPS) is 10.4. The Hall–Kier alpha value is -0.710. The van der Waals surface area contributed by atoms with Crippen molar-refractivity contribution in [1.29, 1.82) is 0 Å². The monoisotopic (exact) mass is 315 g/mol. The number of halogens is 2. The SMILES string of the molecule is O=C(Cc1sccc1Br)c1ccc(Cl)cn1. The van der Waals surface area contributed by atoms with Crippen LogP contribution in [0.1, 0.15) is 15.4 Å². The van der Waals surface area contributed by atoms with E-state index in [1.807, 2.05) is 11.4 Å². The third-order valence-corrected chi connectivity index (χ3v) is 4.18. The summed E-state index contributed by atoms with van der Waals surface area (Å²) in [7, 11) is 0. The number of nitrogens with zero attached hydrogens (tertiary/aromatic N) is 1. The van der Waals surface area contributed by atoms with E-state index in [0.29, 0.717) is 17.1 Å². The molecule has 0 spiro atoms. The lowest BCUT2D eigenvalue weighted by molar-refractivity contribution is 0.0989. The predicted octanol–water partition coefficient (Wildman–Crippen LogP) is 3.98. The molecule has 2 aromatic rings. The van der Waals surface area contributed by atoms with Crippen molar-refractivity contribution in [2.24, 2.45) is 0 Å². The third kappa shape index (κ3) is 2.70. The Morgan fingerprint density at radius 1 is 1.44 bits per heavy atom. The van der Waals surface area contributed by atoms with Crippen LogP contribution in [0.2, 0.25) is 5.02 Å². The molecule has 0 bridgehead atoms. The van der Waals surface area contributed by atoms with Crippen molar-refractivity contribution in [3.8, 4) is 0 Å². The average molecular weight is 317 g/mol. The van der Waals surface area contributed by atoms with Gasteiger partial charge in [0, 0.05) is 22.0 Å². The van der Waals surface area contributed by atoms with E-state index < -0.39 is 0 Å². The van der Waals surface area contributed by atoms with E-state index in [1.54, 1.807) is 23.5 Å². The van der Waals surface area contributed by atoms with Crippen molar-refractivity contribution in [3.63, 3.8) is 0 Å². The molecule has 2 heterocycles. The van der Waals surface area contributed by atoms with Gasteiger partial charge in [0.05, 0.1) is 5.02 Å². The minimum absolute atomic E-state index is 0.000170. The maximum Gasteiger partial charge on any atom is 0.186 e. The first-order valence-corrected chi connectivity index (χ1v) is 6.58. The first-order chi connectivity index (χ1) is 7.66. The highest BCUT2D eigenvalue weighted by molar-refractivity contribution is 9.10. The molecule has 0 N–H and O–H groups in total. The van der Waals surface area contributed by atoms with Crippen molar-refractivity contribution in [2.75, 3.05) is 0 Å². The van der Waals surface area contributed by atoms with Gasteiger partial charge in [-0.25, -0.2) is 0 Å². The van der Waals surface area contributed by atoms with E-state index in [0.717, 1.165) is 9.35 Å². The number of ketones is 1. The van der Waals surface area contributed by atoms with E-state index >= 15 is 0 Å². The molecule has 5 heteroatoms. The fourth-order valence-corrected chi connectivity index (χ4v) is 2.83. The number of hydrogen-bond donors (Lipinski definition) is 0. The van der Waals surface area contributed by atoms with Crippen molar-refractivity contribution in [3.05, 3.63) is 49.8 Å². The van der Waals surface area contributed by atoms with E-state index in [4.69, 9.17) is 11.6 Å². The van der Waals surface area contributed by atoms with Crippen LogP contribution in [-0.2, 0) is 6.42 Å². The number of Topliss-reactive ketones (excluding diaryl/α,β-unsaturated/α-hetero) is 1. The van der Waals surface area contributed by atoms with Gasteiger partial charge in [-0.05, 0) is 39.5 Å². The zero-order valence-electron chi connectivity index (χ0n) is 8.11. The van der Waals surface area contributed by atoms with Crippen molar-refractivity contribution in [2.45, 2.75) is 6.42 Å². The number of thiophene rings is 1. The van der Waals surface area contributed by atoms with Crippen LogP contribution in [0.25, 0.3) is 0 Å². The highest BCUT2D eigenvalue weighted by Gasteiger charge is 2.11. The highest BCUT2D eigenvalue weighted by Crippen LogP contribution is 2.24. The lowest BCUT2D eigenvalue weighted by atomic mass is 10.2. The van der Waals surface area contributed by atoms with Crippen LogP contribution in [0.3, 0.4) is 0 Å². The summed E-state index contributed by atoms with van der Waals surface area (Å²) in [6.45, 7) is 0. The van der Waals surface area contributed by atoms with Crippen LogP contribution in [0.4, 0.5) is 0 Å². The van der Waals surface area contributed by atoms with Gasteiger partial charge in [0.1, 0.15) is 5.69 Å². The van der Waals surface area contributed by atoms with Gasteiger partial charge in [-0.15, -0.1) is 11.3 Å². The molecule has 2 rings (SSSR count). The van der Waals surface area contributed by atoms with Crippen LogP contribution in [0, 0.1) is 0 Å². The molecule has 0 radical (unpaired) electrons. The summed E-state index contributed by atoms with van der Waals surface area (Å²) in [5.41, 5.74) is 0.449. The number of rotatable bonds is 3. The Morgan fingerprint density at radius 3 is 2.81 bits per heavy atom. The van der Waals surface area contributed by atoms with Gasteiger partial charge in [-0.3, -0.25) is 9.78 Å². The topological polar surface area (TPSA) is 30.0 Å². The Bertz CT molecular complexity index is 509. The Balaban J connectivity index is 2.15. The summed E-state index contributed by atoms with van der Waals surface area (Å²) in [5.74, 6) is -0.000170. The van der Waals surface area contributed by atoms with Gasteiger partial charge in [-0.2, -0.15) is 0 Å². The largest absolute Gasteiger partial charge is 0.292 e. The number of carbonyl (C=O) groups is 1. The molecule has 0 amide bonds. The predicted molar refractivity (Wildman–Crippen MR) is 69.3 cm³/mol. The first-order valence-electron chi connectivity index (χ1n) is 4.53. The van der Waals surface area contributed by atoms with E-state index in [1.165, 1.54) is 6.20 Å². The number of aromatic nitrogens is 1. The van der Waals surface area contributed by atoms with Gasteiger partial charge in [-0.1, -0.05) is 11.6 Å². The van der Waals surface area contributed by atoms with Gasteiger partial charge in [0.15, 0.2) is 5.78 Å². The van der Waals surface area contributed by atoms with Crippen LogP contribution in [0.5, 0.6) is 0 Å². The lowest BCUT2D eigenvalue weighted by Crippen LogP contribution is -2.04. The standard InChI is InChI=1S/C11H7BrClNOS/c12-8-3-4-16-11(8)5-10(15)9-2-1-7(13)6-14-9/h1-4,6H,5H2. The molecule has 0 aliphatic carbocycles. The summed E-state index contributed by atoms with van der Waals surface area (Å²) in [4.78, 5) is 16.9. The van der Waals surface area contributed by atoms with Crippen LogP contribution in [0.15, 0.2) is 34.2 Å². The molecule has 0 aromatic carbocycles. The second kappa shape index (κ2) is 5.08. The molecule has 2 nitrogen and oxygen atoms in total. The van der Waals surface area contributed by atoms with E-state index in [-0.39, 0.29) is 5.78 Å². The smallest absolute Gasteiger partial charge is 0.186 e. The molecular weight excluding hydrogens is 310 g/mol. The lowest BCUT2D eigenvalue weighted by Gasteiger charge is -1.99. The first kappa shape index (κ1) is 11.8. The Labute approximate surface area is 110 Å². The molecule has 2 aromatic heterocycles. The van der Waals surface area contributed by atoms with Gasteiger partial charge in [0.25, 0.3) is 0 Å². The quantitative estimate of drug-likeness (QED) is 0.802. The minimum atomic E-state index is -0.000170. The summed E-state index contributed by atoms with van der Waals surface area (Å²) in [5, 5.41) is 2.48. The molecule has 0 aliphatic heterocycles. The van der Waals surface area contributed by atoms with Crippen LogP contribution < -0.4 is 0 Å². The Kier molecular flexibility index (Phi) is 3.74. The fraction of sp³-hybridized carbons (Fsp3) is 0.0909. The third-order valence-electron chi connectivity index (χ3n) is 2.03. The number of carbonyl (C=O) groups excluding carboxylic acids is 1. The van der Waals surface area contributed by atoms with Crippen LogP contribution in [-0.4, -0.2) is 10.8 Å². The maximum absolute atomic E-state index is 11.9. The van der Waals surface area contributed by atoms with Gasteiger partial charge >= 0.3 is 0 Å². The van der Waals surface area contributed by atoms with E-state index in [2.05, 4.69) is 20.9 Å².